The maximum atomic E-state index is 4.84. The summed E-state index contributed by atoms with van der Waals surface area (Å²) >= 11 is 4.84. The molecule has 2 rings (SSSR count). The highest BCUT2D eigenvalue weighted by Gasteiger charge is 2.34. The van der Waals surface area contributed by atoms with Gasteiger partial charge in [-0.05, 0) is 49.4 Å². The molecule has 88 valence electrons. The van der Waals surface area contributed by atoms with Crippen LogP contribution < -0.4 is 0 Å². The van der Waals surface area contributed by atoms with Gasteiger partial charge in [0.05, 0.1) is 0 Å². The standard InChI is InChI=1S/C14H26S/c1-10-4-3-5-12(8-10)13-9-11(2)6-7-14(13)15/h10-15H,3-9H2,1-2H3. The molecule has 1 heteroatoms. The molecule has 0 saturated heterocycles. The number of thiol groups is 1. The van der Waals surface area contributed by atoms with Crippen molar-refractivity contribution in [3.63, 3.8) is 0 Å². The van der Waals surface area contributed by atoms with E-state index >= 15 is 0 Å². The lowest BCUT2D eigenvalue weighted by Gasteiger charge is -2.40. The van der Waals surface area contributed by atoms with Gasteiger partial charge >= 0.3 is 0 Å². The zero-order valence-corrected chi connectivity index (χ0v) is 11.2. The minimum atomic E-state index is 0.705. The Balaban J connectivity index is 1.94. The lowest BCUT2D eigenvalue weighted by Crippen LogP contribution is -2.33. The van der Waals surface area contributed by atoms with Crippen molar-refractivity contribution in [2.75, 3.05) is 0 Å². The zero-order chi connectivity index (χ0) is 10.8. The SMILES string of the molecule is CC1CCCC(C2CC(C)CCC2S)C1. The minimum absolute atomic E-state index is 0.705. The van der Waals surface area contributed by atoms with Crippen molar-refractivity contribution >= 4 is 12.6 Å². The Morgan fingerprint density at radius 3 is 2.33 bits per heavy atom. The van der Waals surface area contributed by atoms with E-state index in [0.29, 0.717) is 5.25 Å². The van der Waals surface area contributed by atoms with Gasteiger partial charge in [-0.15, -0.1) is 0 Å². The Kier molecular flexibility index (Phi) is 4.04. The van der Waals surface area contributed by atoms with Crippen LogP contribution in [0.3, 0.4) is 0 Å². The lowest BCUT2D eigenvalue weighted by atomic mass is 9.68. The third kappa shape index (κ3) is 2.93. The summed E-state index contributed by atoms with van der Waals surface area (Å²) < 4.78 is 0. The van der Waals surface area contributed by atoms with Gasteiger partial charge in [-0.1, -0.05) is 33.1 Å². The molecule has 0 N–H and O–H groups in total. The van der Waals surface area contributed by atoms with E-state index in [1.807, 2.05) is 0 Å². The second-order valence-corrected chi connectivity index (χ2v) is 6.84. The summed E-state index contributed by atoms with van der Waals surface area (Å²) in [6.45, 7) is 4.87. The summed E-state index contributed by atoms with van der Waals surface area (Å²) in [4.78, 5) is 0. The molecule has 2 fully saturated rings. The lowest BCUT2D eigenvalue weighted by molar-refractivity contribution is 0.149. The molecular formula is C14H26S. The Morgan fingerprint density at radius 1 is 0.867 bits per heavy atom. The van der Waals surface area contributed by atoms with E-state index in [2.05, 4.69) is 13.8 Å². The zero-order valence-electron chi connectivity index (χ0n) is 10.3. The Morgan fingerprint density at radius 2 is 1.60 bits per heavy atom. The third-order valence-corrected chi connectivity index (χ3v) is 5.35. The van der Waals surface area contributed by atoms with Crippen LogP contribution in [0.4, 0.5) is 0 Å². The summed E-state index contributed by atoms with van der Waals surface area (Å²) in [6.07, 6.45) is 10.1. The van der Waals surface area contributed by atoms with E-state index in [1.165, 1.54) is 44.9 Å². The van der Waals surface area contributed by atoms with Crippen molar-refractivity contribution in [1.29, 1.82) is 0 Å². The van der Waals surface area contributed by atoms with E-state index in [4.69, 9.17) is 12.6 Å². The van der Waals surface area contributed by atoms with Crippen LogP contribution in [0.5, 0.6) is 0 Å². The molecule has 0 amide bonds. The average molecular weight is 226 g/mol. The van der Waals surface area contributed by atoms with Crippen molar-refractivity contribution in [2.45, 2.75) is 64.0 Å². The fraction of sp³-hybridized carbons (Fsp3) is 1.00. The van der Waals surface area contributed by atoms with Gasteiger partial charge < -0.3 is 0 Å². The second kappa shape index (κ2) is 5.12. The van der Waals surface area contributed by atoms with Crippen molar-refractivity contribution in [3.8, 4) is 0 Å². The maximum absolute atomic E-state index is 4.84. The van der Waals surface area contributed by atoms with Crippen molar-refractivity contribution in [2.24, 2.45) is 23.7 Å². The largest absolute Gasteiger partial charge is 0.176 e. The van der Waals surface area contributed by atoms with Crippen LogP contribution in [-0.2, 0) is 0 Å². The Hall–Kier alpha value is 0.350. The smallest absolute Gasteiger partial charge is 0.00479 e. The Bertz CT molecular complexity index is 202. The average Bonchev–Trinajstić information content (AvgIpc) is 2.22. The van der Waals surface area contributed by atoms with E-state index in [-0.39, 0.29) is 0 Å². The molecule has 0 aromatic heterocycles. The molecular weight excluding hydrogens is 200 g/mol. The number of hydrogen-bond donors (Lipinski definition) is 1. The van der Waals surface area contributed by atoms with Gasteiger partial charge in [0, 0.05) is 5.25 Å². The first-order valence-electron chi connectivity index (χ1n) is 6.85. The van der Waals surface area contributed by atoms with Gasteiger partial charge in [0.1, 0.15) is 0 Å². The van der Waals surface area contributed by atoms with Gasteiger partial charge in [-0.3, -0.25) is 0 Å². The first kappa shape index (κ1) is 11.8. The first-order valence-corrected chi connectivity index (χ1v) is 7.36. The highest BCUT2D eigenvalue weighted by Crippen LogP contribution is 2.43. The van der Waals surface area contributed by atoms with Crippen LogP contribution >= 0.6 is 12.6 Å². The van der Waals surface area contributed by atoms with Crippen LogP contribution in [0.25, 0.3) is 0 Å². The molecule has 0 aromatic carbocycles. The van der Waals surface area contributed by atoms with Gasteiger partial charge in [-0.25, -0.2) is 0 Å². The Labute approximate surface area is 101 Å². The van der Waals surface area contributed by atoms with E-state index in [0.717, 1.165) is 23.7 Å². The molecule has 0 radical (unpaired) electrons. The van der Waals surface area contributed by atoms with Gasteiger partial charge in [0.25, 0.3) is 0 Å². The first-order chi connectivity index (χ1) is 7.16. The maximum Gasteiger partial charge on any atom is 0.00479 e. The third-order valence-electron chi connectivity index (χ3n) is 4.71. The van der Waals surface area contributed by atoms with E-state index < -0.39 is 0 Å². The van der Waals surface area contributed by atoms with Crippen LogP contribution in [-0.4, -0.2) is 5.25 Å². The molecule has 0 spiro atoms. The van der Waals surface area contributed by atoms with E-state index in [1.54, 1.807) is 0 Å². The van der Waals surface area contributed by atoms with Crippen LogP contribution in [0, 0.1) is 23.7 Å². The fourth-order valence-electron chi connectivity index (χ4n) is 3.79. The molecule has 0 aliphatic heterocycles. The van der Waals surface area contributed by atoms with E-state index in [9.17, 15) is 0 Å². The van der Waals surface area contributed by atoms with Crippen LogP contribution in [0.2, 0.25) is 0 Å². The summed E-state index contributed by atoms with van der Waals surface area (Å²) in [5.74, 6) is 3.86. The number of rotatable bonds is 1. The topological polar surface area (TPSA) is 0 Å². The summed E-state index contributed by atoms with van der Waals surface area (Å²) in [5.41, 5.74) is 0. The quantitative estimate of drug-likeness (QED) is 0.623. The molecule has 5 atom stereocenters. The number of hydrogen-bond acceptors (Lipinski definition) is 1. The summed E-state index contributed by atoms with van der Waals surface area (Å²) in [6, 6.07) is 0. The molecule has 2 aliphatic rings. The van der Waals surface area contributed by atoms with Crippen LogP contribution in [0.1, 0.15) is 58.8 Å². The summed E-state index contributed by atoms with van der Waals surface area (Å²) in [5, 5.41) is 0.705. The van der Waals surface area contributed by atoms with Crippen molar-refractivity contribution in [3.05, 3.63) is 0 Å². The normalized spacial score (nSPS) is 47.8. The molecule has 15 heavy (non-hydrogen) atoms. The van der Waals surface area contributed by atoms with Crippen molar-refractivity contribution in [1.82, 2.24) is 0 Å². The molecule has 0 aromatic rings. The predicted octanol–water partition coefficient (Wildman–Crippen LogP) is 4.55. The molecule has 0 heterocycles. The van der Waals surface area contributed by atoms with Gasteiger partial charge in [0.2, 0.25) is 0 Å². The van der Waals surface area contributed by atoms with Gasteiger partial charge in [-0.2, -0.15) is 12.6 Å². The molecule has 0 bridgehead atoms. The molecule has 0 nitrogen and oxygen atoms in total. The summed E-state index contributed by atoms with van der Waals surface area (Å²) in [7, 11) is 0. The second-order valence-electron chi connectivity index (χ2n) is 6.18. The fourth-order valence-corrected chi connectivity index (χ4v) is 4.30. The monoisotopic (exact) mass is 226 g/mol. The molecule has 5 unspecified atom stereocenters. The van der Waals surface area contributed by atoms with Crippen LogP contribution in [0.15, 0.2) is 0 Å². The minimum Gasteiger partial charge on any atom is -0.176 e. The molecule has 2 aliphatic carbocycles. The highest BCUT2D eigenvalue weighted by atomic mass is 32.1. The van der Waals surface area contributed by atoms with Crippen molar-refractivity contribution < 1.29 is 0 Å². The highest BCUT2D eigenvalue weighted by molar-refractivity contribution is 7.81. The molecule has 2 saturated carbocycles. The predicted molar refractivity (Wildman–Crippen MR) is 70.4 cm³/mol. The van der Waals surface area contributed by atoms with Gasteiger partial charge in [0.15, 0.2) is 0 Å².